The number of pyridine rings is 1. The zero-order chi connectivity index (χ0) is 20.1. The molecule has 3 heterocycles. The van der Waals surface area contributed by atoms with E-state index in [0.29, 0.717) is 0 Å². The Hall–Kier alpha value is -3.15. The zero-order valence-electron chi connectivity index (χ0n) is 17.0. The molecule has 0 aliphatic carbocycles. The van der Waals surface area contributed by atoms with Crippen LogP contribution >= 0.6 is 0 Å². The van der Waals surface area contributed by atoms with Gasteiger partial charge in [-0.3, -0.25) is 0 Å². The molecular weight excluding hydrogens is 362 g/mol. The van der Waals surface area contributed by atoms with Gasteiger partial charge in [-0.1, -0.05) is 25.1 Å². The minimum Gasteiger partial charge on any atom is -0.496 e. The van der Waals surface area contributed by atoms with Gasteiger partial charge in [-0.25, -0.2) is 15.0 Å². The molecule has 1 aromatic carbocycles. The largest absolute Gasteiger partial charge is 0.496 e. The van der Waals surface area contributed by atoms with Gasteiger partial charge in [0.05, 0.1) is 12.8 Å². The van der Waals surface area contributed by atoms with Crippen molar-refractivity contribution < 1.29 is 4.74 Å². The smallest absolute Gasteiger partial charge is 0.129 e. The van der Waals surface area contributed by atoms with Crippen molar-refractivity contribution in [3.05, 3.63) is 60.6 Å². The average Bonchev–Trinajstić information content (AvgIpc) is 3.33. The number of anilines is 2. The Balaban J connectivity index is 1.43. The first-order valence-corrected chi connectivity index (χ1v) is 10.1. The highest BCUT2D eigenvalue weighted by Gasteiger charge is 2.14. The van der Waals surface area contributed by atoms with Crippen LogP contribution in [0.1, 0.15) is 31.2 Å². The SMILES string of the molecule is COc1ccccc1C(C)CNc1cc(-c2ccc(N3CCCC3)nc2)ncn1. The fourth-order valence-corrected chi connectivity index (χ4v) is 3.72. The molecule has 6 nitrogen and oxygen atoms in total. The van der Waals surface area contributed by atoms with Gasteiger partial charge >= 0.3 is 0 Å². The van der Waals surface area contributed by atoms with Gasteiger partial charge in [0.1, 0.15) is 23.7 Å². The first kappa shape index (κ1) is 19.2. The normalized spacial score (nSPS) is 14.6. The zero-order valence-corrected chi connectivity index (χ0v) is 17.0. The molecule has 1 aliphatic heterocycles. The van der Waals surface area contributed by atoms with Crippen molar-refractivity contribution in [1.82, 2.24) is 15.0 Å². The molecule has 6 heteroatoms. The summed E-state index contributed by atoms with van der Waals surface area (Å²) in [6.45, 7) is 5.12. The van der Waals surface area contributed by atoms with Crippen LogP contribution in [0.25, 0.3) is 11.3 Å². The molecule has 2 aromatic heterocycles. The van der Waals surface area contributed by atoms with Crippen molar-refractivity contribution in [3.8, 4) is 17.0 Å². The summed E-state index contributed by atoms with van der Waals surface area (Å²) in [5, 5.41) is 3.43. The molecule has 1 atom stereocenters. The van der Waals surface area contributed by atoms with Gasteiger partial charge < -0.3 is 15.0 Å². The number of hydrogen-bond acceptors (Lipinski definition) is 6. The molecule has 1 unspecified atom stereocenters. The van der Waals surface area contributed by atoms with Crippen molar-refractivity contribution >= 4 is 11.6 Å². The highest BCUT2D eigenvalue weighted by atomic mass is 16.5. The molecule has 1 saturated heterocycles. The summed E-state index contributed by atoms with van der Waals surface area (Å²) < 4.78 is 5.48. The fourth-order valence-electron chi connectivity index (χ4n) is 3.72. The molecule has 0 amide bonds. The third-order valence-electron chi connectivity index (χ3n) is 5.40. The van der Waals surface area contributed by atoms with Gasteiger partial charge in [-0.15, -0.1) is 0 Å². The van der Waals surface area contributed by atoms with Gasteiger partial charge in [0, 0.05) is 43.4 Å². The van der Waals surface area contributed by atoms with Gasteiger partial charge in [0.2, 0.25) is 0 Å². The summed E-state index contributed by atoms with van der Waals surface area (Å²) in [7, 11) is 1.71. The van der Waals surface area contributed by atoms with E-state index >= 15 is 0 Å². The second kappa shape index (κ2) is 8.90. The minimum atomic E-state index is 0.283. The summed E-state index contributed by atoms with van der Waals surface area (Å²) in [5.74, 6) is 3.05. The van der Waals surface area contributed by atoms with Crippen molar-refractivity contribution in [3.63, 3.8) is 0 Å². The predicted octanol–water partition coefficient (Wildman–Crippen LogP) is 4.36. The predicted molar refractivity (Wildman–Crippen MR) is 117 cm³/mol. The van der Waals surface area contributed by atoms with Crippen LogP contribution in [0.15, 0.2) is 55.0 Å². The third kappa shape index (κ3) is 4.47. The number of hydrogen-bond donors (Lipinski definition) is 1. The van der Waals surface area contributed by atoms with Crippen LogP contribution in [0.2, 0.25) is 0 Å². The van der Waals surface area contributed by atoms with Crippen LogP contribution in [0.3, 0.4) is 0 Å². The summed E-state index contributed by atoms with van der Waals surface area (Å²) in [6, 6.07) is 14.3. The maximum absolute atomic E-state index is 5.48. The molecule has 1 N–H and O–H groups in total. The molecule has 150 valence electrons. The quantitative estimate of drug-likeness (QED) is 0.648. The van der Waals surface area contributed by atoms with Crippen molar-refractivity contribution in [1.29, 1.82) is 0 Å². The Labute approximate surface area is 172 Å². The number of benzene rings is 1. The summed E-state index contributed by atoms with van der Waals surface area (Å²) in [5.41, 5.74) is 3.04. The first-order valence-electron chi connectivity index (χ1n) is 10.1. The number of nitrogens with one attached hydrogen (secondary N) is 1. The Bertz CT molecular complexity index is 938. The van der Waals surface area contributed by atoms with Crippen LogP contribution in [0, 0.1) is 0 Å². The molecule has 29 heavy (non-hydrogen) atoms. The average molecular weight is 390 g/mol. The summed E-state index contributed by atoms with van der Waals surface area (Å²) in [4.78, 5) is 15.8. The van der Waals surface area contributed by atoms with E-state index in [1.54, 1.807) is 13.4 Å². The standard InChI is InChI=1S/C23H27N5O/c1-17(19-7-3-4-8-21(19)29-2)14-24-22-13-20(26-16-27-22)18-9-10-23(25-15-18)28-11-5-6-12-28/h3-4,7-10,13,15-17H,5-6,11-12,14H2,1-2H3,(H,24,26,27). The van der Waals surface area contributed by atoms with E-state index in [2.05, 4.69) is 50.3 Å². The topological polar surface area (TPSA) is 63.2 Å². The van der Waals surface area contributed by atoms with Gasteiger partial charge in [0.25, 0.3) is 0 Å². The molecular formula is C23H27N5O. The Kier molecular flexibility index (Phi) is 5.89. The Morgan fingerprint density at radius 2 is 1.90 bits per heavy atom. The molecule has 3 aromatic rings. The van der Waals surface area contributed by atoms with Crippen molar-refractivity contribution in [2.45, 2.75) is 25.7 Å². The van der Waals surface area contributed by atoms with Crippen LogP contribution < -0.4 is 15.0 Å². The minimum absolute atomic E-state index is 0.283. The van der Waals surface area contributed by atoms with Gasteiger partial charge in [-0.05, 0) is 36.6 Å². The Morgan fingerprint density at radius 1 is 1.07 bits per heavy atom. The molecule has 1 fully saturated rings. The monoisotopic (exact) mass is 389 g/mol. The van der Waals surface area contributed by atoms with E-state index in [0.717, 1.165) is 48.3 Å². The van der Waals surface area contributed by atoms with Crippen LogP contribution in [-0.2, 0) is 0 Å². The molecule has 4 rings (SSSR count). The maximum Gasteiger partial charge on any atom is 0.129 e. The lowest BCUT2D eigenvalue weighted by molar-refractivity contribution is 0.407. The molecule has 0 spiro atoms. The number of rotatable bonds is 7. The lowest BCUT2D eigenvalue weighted by Gasteiger charge is -2.17. The fraction of sp³-hybridized carbons (Fsp3) is 0.348. The molecule has 0 radical (unpaired) electrons. The summed E-state index contributed by atoms with van der Waals surface area (Å²) >= 11 is 0. The number of aromatic nitrogens is 3. The van der Waals surface area contributed by atoms with Crippen LogP contribution in [-0.4, -0.2) is 41.7 Å². The van der Waals surface area contributed by atoms with E-state index in [1.165, 1.54) is 18.4 Å². The summed E-state index contributed by atoms with van der Waals surface area (Å²) in [6.07, 6.45) is 5.99. The van der Waals surface area contributed by atoms with E-state index < -0.39 is 0 Å². The third-order valence-corrected chi connectivity index (χ3v) is 5.40. The molecule has 0 bridgehead atoms. The Morgan fingerprint density at radius 3 is 2.66 bits per heavy atom. The lowest BCUT2D eigenvalue weighted by atomic mass is 10.00. The van der Waals surface area contributed by atoms with E-state index in [9.17, 15) is 0 Å². The van der Waals surface area contributed by atoms with E-state index in [1.807, 2.05) is 30.5 Å². The van der Waals surface area contributed by atoms with Gasteiger partial charge in [0.15, 0.2) is 0 Å². The van der Waals surface area contributed by atoms with Crippen molar-refractivity contribution in [2.75, 3.05) is 37.0 Å². The highest BCUT2D eigenvalue weighted by Crippen LogP contribution is 2.27. The number of para-hydroxylation sites is 1. The second-order valence-corrected chi connectivity index (χ2v) is 7.41. The first-order chi connectivity index (χ1) is 14.2. The van der Waals surface area contributed by atoms with Crippen molar-refractivity contribution in [2.24, 2.45) is 0 Å². The van der Waals surface area contributed by atoms with Crippen LogP contribution in [0.5, 0.6) is 5.75 Å². The lowest BCUT2D eigenvalue weighted by Crippen LogP contribution is -2.18. The highest BCUT2D eigenvalue weighted by molar-refractivity contribution is 5.62. The van der Waals surface area contributed by atoms with Crippen LogP contribution in [0.4, 0.5) is 11.6 Å². The number of ether oxygens (including phenoxy) is 1. The molecule has 1 aliphatic rings. The maximum atomic E-state index is 5.48. The van der Waals surface area contributed by atoms with E-state index in [4.69, 9.17) is 4.74 Å². The second-order valence-electron chi connectivity index (χ2n) is 7.41. The number of methoxy groups -OCH3 is 1. The number of nitrogens with zero attached hydrogens (tertiary/aromatic N) is 4. The molecule has 0 saturated carbocycles. The van der Waals surface area contributed by atoms with E-state index in [-0.39, 0.29) is 5.92 Å². The van der Waals surface area contributed by atoms with Gasteiger partial charge in [-0.2, -0.15) is 0 Å².